The van der Waals surface area contributed by atoms with Gasteiger partial charge in [0.05, 0.1) is 13.6 Å². The molecule has 20 heavy (non-hydrogen) atoms. The zero-order chi connectivity index (χ0) is 14.4. The number of rotatable bonds is 7. The van der Waals surface area contributed by atoms with Crippen molar-refractivity contribution in [2.75, 3.05) is 52.9 Å². The van der Waals surface area contributed by atoms with Gasteiger partial charge in [0.2, 0.25) is 6.33 Å². The molecule has 0 spiro atoms. The molecule has 1 aromatic heterocycles. The van der Waals surface area contributed by atoms with Crippen LogP contribution in [0.3, 0.4) is 0 Å². The van der Waals surface area contributed by atoms with Gasteiger partial charge in [-0.1, -0.05) is 6.92 Å². The molecule has 1 fully saturated rings. The highest BCUT2D eigenvalue weighted by Crippen LogP contribution is 2.03. The minimum absolute atomic E-state index is 0.958. The van der Waals surface area contributed by atoms with E-state index >= 15 is 0 Å². The molecule has 0 saturated carbocycles. The quantitative estimate of drug-likeness (QED) is 0.420. The molecule has 5 nitrogen and oxygen atoms in total. The molecule has 1 aliphatic rings. The summed E-state index contributed by atoms with van der Waals surface area (Å²) < 4.78 is 5.83. The smallest absolute Gasteiger partial charge is 0.244 e. The topological polar surface area (TPSA) is 40.9 Å². The Morgan fingerprint density at radius 3 is 2.75 bits per heavy atom. The first-order valence-corrected chi connectivity index (χ1v) is 8.16. The van der Waals surface area contributed by atoms with Crippen LogP contribution in [0.2, 0.25) is 0 Å². The zero-order valence-corrected chi connectivity index (χ0v) is 13.4. The van der Waals surface area contributed by atoms with E-state index in [1.807, 2.05) is 0 Å². The maximum atomic E-state index is 3.90. The monoisotopic (exact) mass is 283 g/mol. The van der Waals surface area contributed by atoms with Gasteiger partial charge in [-0.25, -0.2) is 9.13 Å². The van der Waals surface area contributed by atoms with Crippen LogP contribution in [0.15, 0.2) is 18.7 Å². The van der Waals surface area contributed by atoms with Crippen molar-refractivity contribution in [2.24, 2.45) is 0 Å². The fourth-order valence-electron chi connectivity index (χ4n) is 3.28. The van der Waals surface area contributed by atoms with Gasteiger partial charge in [0.15, 0.2) is 0 Å². The van der Waals surface area contributed by atoms with Crippen LogP contribution in [0.5, 0.6) is 0 Å². The molecule has 0 aliphatic carbocycles. The van der Waals surface area contributed by atoms with Crippen molar-refractivity contribution >= 4 is 0 Å². The van der Waals surface area contributed by atoms with Crippen molar-refractivity contribution < 1.29 is 19.7 Å². The predicted octanol–water partition coefficient (Wildman–Crippen LogP) is -2.23. The molecule has 1 saturated heterocycles. The van der Waals surface area contributed by atoms with E-state index in [2.05, 4.69) is 47.6 Å². The molecule has 1 aromatic rings. The second-order valence-electron chi connectivity index (χ2n) is 6.53. The first-order valence-electron chi connectivity index (χ1n) is 8.16. The van der Waals surface area contributed by atoms with Crippen LogP contribution in [0, 0.1) is 0 Å². The molecule has 4 N–H and O–H groups in total. The highest BCUT2D eigenvalue weighted by molar-refractivity contribution is 4.65. The van der Waals surface area contributed by atoms with E-state index in [9.17, 15) is 0 Å². The van der Waals surface area contributed by atoms with E-state index in [0.717, 1.165) is 19.6 Å². The minimum Gasteiger partial charge on any atom is -0.354 e. The third kappa shape index (κ3) is 4.30. The normalized spacial score (nSPS) is 26.9. The SMILES string of the molecule is CCC[N+]1(C)CC[NH+](CCn2cc[n+](CC[NH3+])c2)CC1. The number of imidazole rings is 1. The second-order valence-corrected chi connectivity index (χ2v) is 6.53. The summed E-state index contributed by atoms with van der Waals surface area (Å²) in [5, 5.41) is 0. The second kappa shape index (κ2) is 7.20. The summed E-state index contributed by atoms with van der Waals surface area (Å²) in [5.41, 5.74) is 3.90. The van der Waals surface area contributed by atoms with Crippen molar-refractivity contribution in [2.45, 2.75) is 26.4 Å². The Hall–Kier alpha value is -0.910. The third-order valence-corrected chi connectivity index (χ3v) is 4.66. The van der Waals surface area contributed by atoms with Gasteiger partial charge in [0.1, 0.15) is 64.8 Å². The number of hydrogen-bond acceptors (Lipinski definition) is 0. The van der Waals surface area contributed by atoms with Crippen molar-refractivity contribution in [3.05, 3.63) is 18.7 Å². The molecular weight excluding hydrogens is 250 g/mol. The van der Waals surface area contributed by atoms with Crippen molar-refractivity contribution in [1.82, 2.24) is 4.57 Å². The van der Waals surface area contributed by atoms with Gasteiger partial charge in [-0.3, -0.25) is 0 Å². The Kier molecular flexibility index (Phi) is 5.57. The lowest BCUT2D eigenvalue weighted by molar-refractivity contribution is -1.01. The molecule has 0 radical (unpaired) electrons. The van der Waals surface area contributed by atoms with Gasteiger partial charge in [-0.15, -0.1) is 0 Å². The number of quaternary nitrogens is 3. The fraction of sp³-hybridized carbons (Fsp3) is 0.800. The summed E-state index contributed by atoms with van der Waals surface area (Å²) in [7, 11) is 2.42. The maximum Gasteiger partial charge on any atom is 0.244 e. The molecule has 1 aliphatic heterocycles. The lowest BCUT2D eigenvalue weighted by Gasteiger charge is -2.39. The lowest BCUT2D eigenvalue weighted by atomic mass is 10.2. The molecule has 2 rings (SSSR count). The maximum absolute atomic E-state index is 3.90. The van der Waals surface area contributed by atoms with E-state index in [4.69, 9.17) is 0 Å². The van der Waals surface area contributed by atoms with E-state index in [-0.39, 0.29) is 0 Å². The molecule has 2 heterocycles. The Balaban J connectivity index is 1.72. The Morgan fingerprint density at radius 1 is 1.35 bits per heavy atom. The Bertz CT molecular complexity index is 393. The average molecular weight is 283 g/mol. The van der Waals surface area contributed by atoms with Crippen molar-refractivity contribution in [3.63, 3.8) is 0 Å². The molecule has 0 unspecified atom stereocenters. The minimum atomic E-state index is 0.958. The molecule has 0 bridgehead atoms. The Labute approximate surface area is 123 Å². The first-order chi connectivity index (χ1) is 9.65. The standard InChI is InChI=1S/C15H31N5/c1-3-12-20(2)13-10-17(11-14-20)6-7-19-9-8-18(15-19)5-4-16/h8-9,15H,3-7,10-14,16H2,1-2H3/q+2/p+2. The van der Waals surface area contributed by atoms with Crippen molar-refractivity contribution in [1.29, 1.82) is 0 Å². The highest BCUT2D eigenvalue weighted by atomic mass is 15.4. The largest absolute Gasteiger partial charge is 0.354 e. The van der Waals surface area contributed by atoms with E-state index in [0.29, 0.717) is 0 Å². The van der Waals surface area contributed by atoms with Crippen LogP contribution in [0.4, 0.5) is 0 Å². The van der Waals surface area contributed by atoms with Crippen LogP contribution in [0.25, 0.3) is 0 Å². The van der Waals surface area contributed by atoms with Gasteiger partial charge < -0.3 is 15.1 Å². The average Bonchev–Trinajstić information content (AvgIpc) is 2.87. The van der Waals surface area contributed by atoms with E-state index in [1.54, 1.807) is 4.90 Å². The van der Waals surface area contributed by atoms with Crippen LogP contribution < -0.4 is 15.2 Å². The third-order valence-electron chi connectivity index (χ3n) is 4.66. The number of likely N-dealkylation sites (N-methyl/N-ethyl adjacent to an activating group) is 1. The van der Waals surface area contributed by atoms with Gasteiger partial charge in [-0.2, -0.15) is 0 Å². The van der Waals surface area contributed by atoms with Gasteiger partial charge in [0, 0.05) is 0 Å². The Morgan fingerprint density at radius 2 is 2.10 bits per heavy atom. The van der Waals surface area contributed by atoms with Crippen LogP contribution in [0.1, 0.15) is 13.3 Å². The van der Waals surface area contributed by atoms with E-state index < -0.39 is 0 Å². The van der Waals surface area contributed by atoms with Crippen LogP contribution in [-0.4, -0.2) is 61.9 Å². The lowest BCUT2D eigenvalue weighted by Crippen LogP contribution is -3.15. The summed E-state index contributed by atoms with van der Waals surface area (Å²) in [6, 6.07) is 0. The molecule has 0 amide bonds. The van der Waals surface area contributed by atoms with Crippen LogP contribution in [-0.2, 0) is 13.1 Å². The number of hydrogen-bond donors (Lipinski definition) is 2. The highest BCUT2D eigenvalue weighted by Gasteiger charge is 2.30. The summed E-state index contributed by atoms with van der Waals surface area (Å²) in [6.45, 7) is 13.4. The zero-order valence-electron chi connectivity index (χ0n) is 13.4. The predicted molar refractivity (Wildman–Crippen MR) is 79.0 cm³/mol. The molecule has 0 atom stereocenters. The van der Waals surface area contributed by atoms with E-state index in [1.165, 1.54) is 50.2 Å². The molecular formula is C15H33N5+4. The van der Waals surface area contributed by atoms with Gasteiger partial charge in [-0.05, 0) is 6.42 Å². The van der Waals surface area contributed by atoms with Gasteiger partial charge >= 0.3 is 0 Å². The molecule has 114 valence electrons. The summed E-state index contributed by atoms with van der Waals surface area (Å²) >= 11 is 0. The number of piperazine rings is 1. The summed E-state index contributed by atoms with van der Waals surface area (Å²) in [6.07, 6.45) is 7.87. The van der Waals surface area contributed by atoms with Gasteiger partial charge in [0.25, 0.3) is 0 Å². The molecule has 0 aromatic carbocycles. The fourth-order valence-corrected chi connectivity index (χ4v) is 3.28. The van der Waals surface area contributed by atoms with Crippen LogP contribution >= 0.6 is 0 Å². The number of aromatic nitrogens is 2. The first kappa shape index (κ1) is 15.5. The number of nitrogens with zero attached hydrogens (tertiary/aromatic N) is 3. The summed E-state index contributed by atoms with van der Waals surface area (Å²) in [4.78, 5) is 1.77. The molecule has 5 heteroatoms. The van der Waals surface area contributed by atoms with Crippen molar-refractivity contribution in [3.8, 4) is 0 Å². The summed E-state index contributed by atoms with van der Waals surface area (Å²) in [5.74, 6) is 0. The number of nitrogens with one attached hydrogen (secondary N) is 1.